The number of hydrogen-bond donors (Lipinski definition) is 0. The van der Waals surface area contributed by atoms with Gasteiger partial charge in [0.05, 0.1) is 26.9 Å². The van der Waals surface area contributed by atoms with Gasteiger partial charge in [-0.1, -0.05) is 107 Å². The topological polar surface area (TPSA) is 30.7 Å². The zero-order valence-corrected chi connectivity index (χ0v) is 26.4. The highest BCUT2D eigenvalue weighted by atomic mass is 79.9. The largest absolute Gasteiger partial charge is 0.292 e. The highest BCUT2D eigenvalue weighted by Gasteiger charge is 2.18. The Balaban J connectivity index is 1.18. The molecule has 3 aromatic heterocycles. The highest BCUT2D eigenvalue weighted by Crippen LogP contribution is 2.43. The molecule has 0 amide bonds. The van der Waals surface area contributed by atoms with E-state index in [-0.39, 0.29) is 0 Å². The number of aromatic nitrogens is 3. The van der Waals surface area contributed by atoms with Gasteiger partial charge in [-0.3, -0.25) is 4.57 Å². The lowest BCUT2D eigenvalue weighted by Crippen LogP contribution is -1.97. The molecular formula is C40H24BrN3S. The molecule has 45 heavy (non-hydrogen) atoms. The molecule has 3 nitrogen and oxygen atoms in total. The number of fused-ring (bicyclic) bond motifs is 6. The summed E-state index contributed by atoms with van der Waals surface area (Å²) in [7, 11) is 0. The molecule has 9 aromatic rings. The number of benzene rings is 6. The van der Waals surface area contributed by atoms with Crippen LogP contribution in [0.5, 0.6) is 0 Å². The van der Waals surface area contributed by atoms with Crippen LogP contribution in [-0.2, 0) is 0 Å². The molecule has 0 fully saturated rings. The van der Waals surface area contributed by atoms with Crippen molar-refractivity contribution in [2.24, 2.45) is 0 Å². The fourth-order valence-corrected chi connectivity index (χ4v) is 8.11. The number of nitrogens with zero attached hydrogens (tertiary/aromatic N) is 3. The van der Waals surface area contributed by atoms with Crippen molar-refractivity contribution in [1.82, 2.24) is 14.5 Å². The lowest BCUT2D eigenvalue weighted by Gasteiger charge is -2.12. The third-order valence-corrected chi connectivity index (χ3v) is 10.1. The molecule has 0 spiro atoms. The molecule has 0 unspecified atom stereocenters. The van der Waals surface area contributed by atoms with Crippen LogP contribution in [-0.4, -0.2) is 14.5 Å². The van der Waals surface area contributed by atoms with E-state index >= 15 is 0 Å². The second-order valence-corrected chi connectivity index (χ2v) is 13.1. The first-order valence-electron chi connectivity index (χ1n) is 14.9. The molecule has 0 saturated heterocycles. The average molecular weight is 659 g/mol. The zero-order valence-electron chi connectivity index (χ0n) is 24.0. The highest BCUT2D eigenvalue weighted by molar-refractivity contribution is 9.10. The quantitative estimate of drug-likeness (QED) is 0.188. The summed E-state index contributed by atoms with van der Waals surface area (Å²) < 4.78 is 5.76. The Labute approximate surface area is 272 Å². The van der Waals surface area contributed by atoms with Crippen molar-refractivity contribution in [3.63, 3.8) is 0 Å². The average Bonchev–Trinajstić information content (AvgIpc) is 3.68. The van der Waals surface area contributed by atoms with Gasteiger partial charge in [0.15, 0.2) is 0 Å². The first-order valence-corrected chi connectivity index (χ1v) is 16.5. The minimum absolute atomic E-state index is 0.927. The molecule has 0 aliphatic heterocycles. The van der Waals surface area contributed by atoms with Gasteiger partial charge in [0.1, 0.15) is 5.82 Å². The summed E-state index contributed by atoms with van der Waals surface area (Å²) in [6.45, 7) is 0. The van der Waals surface area contributed by atoms with E-state index in [0.717, 1.165) is 60.5 Å². The molecule has 0 aliphatic rings. The van der Waals surface area contributed by atoms with E-state index in [0.29, 0.717) is 0 Å². The summed E-state index contributed by atoms with van der Waals surface area (Å²) in [6.07, 6.45) is 0. The van der Waals surface area contributed by atoms with Crippen molar-refractivity contribution in [3.05, 3.63) is 150 Å². The number of halogens is 1. The molecule has 0 aliphatic carbocycles. The SMILES string of the molecule is Brc1cc(-c2ccc(-c3nc4ccccc4n3-c3ccccc3)cc2)cc(-c2nc3ccccc3c3c2sc2ccccc23)c1. The van der Waals surface area contributed by atoms with E-state index in [1.165, 1.54) is 25.6 Å². The first kappa shape index (κ1) is 26.3. The van der Waals surface area contributed by atoms with E-state index in [1.807, 2.05) is 23.5 Å². The van der Waals surface area contributed by atoms with E-state index in [4.69, 9.17) is 9.97 Å². The maximum absolute atomic E-state index is 5.24. The summed E-state index contributed by atoms with van der Waals surface area (Å²) in [5.74, 6) is 0.927. The molecule has 9 rings (SSSR count). The summed E-state index contributed by atoms with van der Waals surface area (Å²) in [5, 5.41) is 3.76. The Morgan fingerprint density at radius 2 is 1.20 bits per heavy atom. The van der Waals surface area contributed by atoms with Gasteiger partial charge in [-0.05, 0) is 65.7 Å². The second kappa shape index (κ2) is 10.5. The smallest absolute Gasteiger partial charge is 0.145 e. The van der Waals surface area contributed by atoms with E-state index in [9.17, 15) is 0 Å². The number of imidazole rings is 1. The Morgan fingerprint density at radius 3 is 2.04 bits per heavy atom. The van der Waals surface area contributed by atoms with Crippen molar-refractivity contribution < 1.29 is 0 Å². The van der Waals surface area contributed by atoms with Gasteiger partial charge in [-0.15, -0.1) is 11.3 Å². The van der Waals surface area contributed by atoms with Gasteiger partial charge >= 0.3 is 0 Å². The minimum atomic E-state index is 0.927. The number of thiophene rings is 1. The normalized spacial score (nSPS) is 11.7. The van der Waals surface area contributed by atoms with Crippen LogP contribution in [0.2, 0.25) is 0 Å². The molecule has 0 atom stereocenters. The summed E-state index contributed by atoms with van der Waals surface area (Å²) >= 11 is 5.64. The van der Waals surface area contributed by atoms with Crippen molar-refractivity contribution in [2.45, 2.75) is 0 Å². The van der Waals surface area contributed by atoms with E-state index < -0.39 is 0 Å². The van der Waals surface area contributed by atoms with Gasteiger partial charge < -0.3 is 0 Å². The predicted octanol–water partition coefficient (Wildman–Crippen LogP) is 11.7. The van der Waals surface area contributed by atoms with Crippen LogP contribution in [0.4, 0.5) is 0 Å². The molecule has 0 bridgehead atoms. The van der Waals surface area contributed by atoms with Gasteiger partial charge in [0.2, 0.25) is 0 Å². The summed E-state index contributed by atoms with van der Waals surface area (Å²) in [5.41, 5.74) is 9.62. The maximum Gasteiger partial charge on any atom is 0.145 e. The van der Waals surface area contributed by atoms with Crippen molar-refractivity contribution in [3.8, 4) is 39.5 Å². The number of pyridine rings is 1. The Hall–Kier alpha value is -5.10. The van der Waals surface area contributed by atoms with E-state index in [1.54, 1.807) is 0 Å². The van der Waals surface area contributed by atoms with Crippen LogP contribution in [0.25, 0.3) is 81.6 Å². The third kappa shape index (κ3) is 4.39. The predicted molar refractivity (Wildman–Crippen MR) is 193 cm³/mol. The molecule has 5 heteroatoms. The number of para-hydroxylation sites is 4. The maximum atomic E-state index is 5.24. The lowest BCUT2D eigenvalue weighted by atomic mass is 9.98. The fourth-order valence-electron chi connectivity index (χ4n) is 6.39. The fraction of sp³-hybridized carbons (Fsp3) is 0. The van der Waals surface area contributed by atoms with Crippen LogP contribution >= 0.6 is 27.3 Å². The molecule has 0 saturated carbocycles. The van der Waals surface area contributed by atoms with Crippen LogP contribution < -0.4 is 0 Å². The molecule has 212 valence electrons. The van der Waals surface area contributed by atoms with Crippen molar-refractivity contribution >= 4 is 69.4 Å². The zero-order chi connectivity index (χ0) is 29.9. The molecular weight excluding hydrogens is 634 g/mol. The Morgan fingerprint density at radius 1 is 0.533 bits per heavy atom. The number of hydrogen-bond acceptors (Lipinski definition) is 3. The standard InChI is InChI=1S/C40H24BrN3S/c41-29-23-27(22-28(24-29)38-39-37(31-12-4-6-14-33(31)42-38)32-13-5-9-17-36(32)45-39)25-18-20-26(21-19-25)40-43-34-15-7-8-16-35(34)44(40)30-10-2-1-3-11-30/h1-24H. The Bertz CT molecular complexity index is 2550. The van der Waals surface area contributed by atoms with Crippen LogP contribution in [0, 0.1) is 0 Å². The van der Waals surface area contributed by atoms with Crippen molar-refractivity contribution in [2.75, 3.05) is 0 Å². The van der Waals surface area contributed by atoms with Crippen LogP contribution in [0.1, 0.15) is 0 Å². The molecule has 0 N–H and O–H groups in total. The lowest BCUT2D eigenvalue weighted by molar-refractivity contribution is 1.10. The molecule has 0 radical (unpaired) electrons. The van der Waals surface area contributed by atoms with Gasteiger partial charge in [0.25, 0.3) is 0 Å². The second-order valence-electron chi connectivity index (χ2n) is 11.2. The molecule has 6 aromatic carbocycles. The van der Waals surface area contributed by atoms with E-state index in [2.05, 4.69) is 154 Å². The van der Waals surface area contributed by atoms with Crippen molar-refractivity contribution in [1.29, 1.82) is 0 Å². The van der Waals surface area contributed by atoms with Crippen LogP contribution in [0.15, 0.2) is 150 Å². The number of rotatable bonds is 4. The minimum Gasteiger partial charge on any atom is -0.292 e. The van der Waals surface area contributed by atoms with Crippen LogP contribution in [0.3, 0.4) is 0 Å². The van der Waals surface area contributed by atoms with Gasteiger partial charge in [-0.25, -0.2) is 9.97 Å². The first-order chi connectivity index (χ1) is 22.2. The summed E-state index contributed by atoms with van der Waals surface area (Å²) in [6, 6.07) is 51.3. The van der Waals surface area contributed by atoms with Gasteiger partial charge in [0, 0.05) is 42.1 Å². The van der Waals surface area contributed by atoms with Gasteiger partial charge in [-0.2, -0.15) is 0 Å². The summed E-state index contributed by atoms with van der Waals surface area (Å²) in [4.78, 5) is 10.3. The monoisotopic (exact) mass is 657 g/mol. The molecule has 3 heterocycles. The third-order valence-electron chi connectivity index (χ3n) is 8.44. The Kier molecular flexibility index (Phi) is 6.15.